The quantitative estimate of drug-likeness (QED) is 0.364. The molecule has 150 valence electrons. The molecule has 0 saturated carbocycles. The normalized spacial score (nSPS) is 10.9. The molecule has 4 nitrogen and oxygen atoms in total. The molecule has 31 heavy (non-hydrogen) atoms. The van der Waals surface area contributed by atoms with Crippen molar-refractivity contribution in [3.8, 4) is 39.8 Å². The minimum absolute atomic E-state index is 0.178. The van der Waals surface area contributed by atoms with Gasteiger partial charge in [0.05, 0.1) is 22.4 Å². The predicted octanol–water partition coefficient (Wildman–Crippen LogP) is 6.60. The summed E-state index contributed by atoms with van der Waals surface area (Å²) in [6.07, 6.45) is 0. The van der Waals surface area contributed by atoms with Gasteiger partial charge < -0.3 is 9.84 Å². The average molecular weight is 408 g/mol. The van der Waals surface area contributed by atoms with Gasteiger partial charge in [0.15, 0.2) is 0 Å². The third-order valence-corrected chi connectivity index (χ3v) is 4.87. The van der Waals surface area contributed by atoms with Crippen LogP contribution in [0.25, 0.3) is 33.5 Å². The van der Waals surface area contributed by atoms with Gasteiger partial charge in [-0.25, -0.2) is 14.4 Å². The minimum Gasteiger partial charge on any atom is -0.508 e. The summed E-state index contributed by atoms with van der Waals surface area (Å²) < 4.78 is 19.4. The number of hydrogen-bond acceptors (Lipinski definition) is 4. The van der Waals surface area contributed by atoms with E-state index >= 15 is 0 Å². The van der Waals surface area contributed by atoms with Crippen LogP contribution in [-0.4, -0.2) is 15.1 Å². The second-order valence-electron chi connectivity index (χ2n) is 7.04. The number of fused-ring (bicyclic) bond motifs is 1. The van der Waals surface area contributed by atoms with Crippen LogP contribution >= 0.6 is 0 Å². The lowest BCUT2D eigenvalue weighted by Crippen LogP contribution is -1.96. The standard InChI is InChI=1S/C26H17FN2O2/c27-19-8-6-18(7-9-19)26-25(17-4-2-1-3-5-17)29-24-16-22(14-15-23(24)28-26)31-21-12-10-20(30)11-13-21/h1-16,30H. The Labute approximate surface area is 178 Å². The van der Waals surface area contributed by atoms with Crippen molar-refractivity contribution >= 4 is 11.0 Å². The summed E-state index contributed by atoms with van der Waals surface area (Å²) in [6, 6.07) is 28.1. The van der Waals surface area contributed by atoms with Gasteiger partial charge in [-0.15, -0.1) is 0 Å². The lowest BCUT2D eigenvalue weighted by atomic mass is 10.0. The monoisotopic (exact) mass is 408 g/mol. The zero-order valence-corrected chi connectivity index (χ0v) is 16.4. The first kappa shape index (κ1) is 18.8. The molecule has 0 aliphatic carbocycles. The van der Waals surface area contributed by atoms with Crippen molar-refractivity contribution in [3.63, 3.8) is 0 Å². The van der Waals surface area contributed by atoms with Gasteiger partial charge in [0.1, 0.15) is 23.1 Å². The summed E-state index contributed by atoms with van der Waals surface area (Å²) >= 11 is 0. The maximum Gasteiger partial charge on any atom is 0.129 e. The maximum absolute atomic E-state index is 13.5. The molecule has 0 radical (unpaired) electrons. The van der Waals surface area contributed by atoms with Gasteiger partial charge in [-0.1, -0.05) is 30.3 Å². The van der Waals surface area contributed by atoms with Crippen LogP contribution < -0.4 is 4.74 Å². The fraction of sp³-hybridized carbons (Fsp3) is 0. The highest BCUT2D eigenvalue weighted by atomic mass is 19.1. The molecule has 5 aromatic rings. The van der Waals surface area contributed by atoms with Gasteiger partial charge in [0.25, 0.3) is 0 Å². The second kappa shape index (κ2) is 7.88. The highest BCUT2D eigenvalue weighted by molar-refractivity contribution is 5.86. The molecule has 1 aromatic heterocycles. The first-order chi connectivity index (χ1) is 15.2. The topological polar surface area (TPSA) is 55.2 Å². The average Bonchev–Trinajstić information content (AvgIpc) is 2.81. The SMILES string of the molecule is Oc1ccc(Oc2ccc3nc(-c4ccc(F)cc4)c(-c4ccccc4)nc3c2)cc1. The number of halogens is 1. The smallest absolute Gasteiger partial charge is 0.129 e. The van der Waals surface area contributed by atoms with Crippen molar-refractivity contribution in [1.82, 2.24) is 9.97 Å². The molecule has 4 aromatic carbocycles. The number of phenolic OH excluding ortho intramolecular Hbond substituents is 1. The number of benzene rings is 4. The van der Waals surface area contributed by atoms with E-state index in [-0.39, 0.29) is 11.6 Å². The van der Waals surface area contributed by atoms with Gasteiger partial charge in [0, 0.05) is 17.2 Å². The van der Waals surface area contributed by atoms with Crippen LogP contribution in [0.4, 0.5) is 4.39 Å². The molecule has 0 aliphatic heterocycles. The Bertz CT molecular complexity index is 1350. The first-order valence-electron chi connectivity index (χ1n) is 9.76. The summed E-state index contributed by atoms with van der Waals surface area (Å²) in [5.41, 5.74) is 4.49. The molecular weight excluding hydrogens is 391 g/mol. The van der Waals surface area contributed by atoms with Crippen molar-refractivity contribution in [1.29, 1.82) is 0 Å². The molecule has 0 bridgehead atoms. The number of rotatable bonds is 4. The molecular formula is C26H17FN2O2. The minimum atomic E-state index is -0.296. The van der Waals surface area contributed by atoms with Crippen LogP contribution in [0, 0.1) is 5.82 Å². The van der Waals surface area contributed by atoms with Gasteiger partial charge >= 0.3 is 0 Å². The molecule has 5 rings (SSSR count). The molecule has 0 atom stereocenters. The van der Waals surface area contributed by atoms with Crippen molar-refractivity contribution < 1.29 is 14.2 Å². The third-order valence-electron chi connectivity index (χ3n) is 4.87. The molecule has 5 heteroatoms. The predicted molar refractivity (Wildman–Crippen MR) is 119 cm³/mol. The zero-order chi connectivity index (χ0) is 21.2. The number of aromatic hydroxyl groups is 1. The van der Waals surface area contributed by atoms with Gasteiger partial charge in [-0.05, 0) is 60.7 Å². The van der Waals surface area contributed by atoms with Crippen LogP contribution in [0.5, 0.6) is 17.2 Å². The van der Waals surface area contributed by atoms with Gasteiger partial charge in [-0.2, -0.15) is 0 Å². The number of phenols is 1. The van der Waals surface area contributed by atoms with Crippen LogP contribution in [0.15, 0.2) is 97.1 Å². The Kier molecular flexibility index (Phi) is 4.77. The van der Waals surface area contributed by atoms with E-state index in [1.54, 1.807) is 36.4 Å². The highest BCUT2D eigenvalue weighted by Crippen LogP contribution is 2.33. The van der Waals surface area contributed by atoms with E-state index in [1.165, 1.54) is 12.1 Å². The van der Waals surface area contributed by atoms with Crippen molar-refractivity contribution in [2.24, 2.45) is 0 Å². The number of hydrogen-bond donors (Lipinski definition) is 1. The van der Waals surface area contributed by atoms with E-state index in [4.69, 9.17) is 14.7 Å². The molecule has 0 aliphatic rings. The summed E-state index contributed by atoms with van der Waals surface area (Å²) in [5, 5.41) is 9.44. The van der Waals surface area contributed by atoms with Gasteiger partial charge in [0.2, 0.25) is 0 Å². The number of nitrogens with zero attached hydrogens (tertiary/aromatic N) is 2. The van der Waals surface area contributed by atoms with E-state index in [2.05, 4.69) is 0 Å². The third kappa shape index (κ3) is 3.94. The summed E-state index contributed by atoms with van der Waals surface area (Å²) in [4.78, 5) is 9.72. The highest BCUT2D eigenvalue weighted by Gasteiger charge is 2.14. The number of aromatic nitrogens is 2. The Morgan fingerprint density at radius 1 is 0.613 bits per heavy atom. The first-order valence-corrected chi connectivity index (χ1v) is 9.76. The van der Waals surface area contributed by atoms with E-state index in [1.807, 2.05) is 48.5 Å². The summed E-state index contributed by atoms with van der Waals surface area (Å²) in [7, 11) is 0. The lowest BCUT2D eigenvalue weighted by Gasteiger charge is -2.12. The Hall–Kier alpha value is -4.25. The molecule has 0 saturated heterocycles. The fourth-order valence-electron chi connectivity index (χ4n) is 3.35. The van der Waals surface area contributed by atoms with E-state index < -0.39 is 0 Å². The van der Waals surface area contributed by atoms with E-state index in [0.717, 1.165) is 11.1 Å². The molecule has 0 unspecified atom stereocenters. The molecule has 0 spiro atoms. The fourth-order valence-corrected chi connectivity index (χ4v) is 3.35. The Morgan fingerprint density at radius 2 is 1.23 bits per heavy atom. The molecule has 1 heterocycles. The summed E-state index contributed by atoms with van der Waals surface area (Å²) in [5.74, 6) is 1.10. The van der Waals surface area contributed by atoms with Crippen LogP contribution in [-0.2, 0) is 0 Å². The second-order valence-corrected chi connectivity index (χ2v) is 7.04. The molecule has 0 fully saturated rings. The molecule has 1 N–H and O–H groups in total. The molecule has 0 amide bonds. The van der Waals surface area contributed by atoms with Crippen molar-refractivity contribution in [3.05, 3.63) is 103 Å². The largest absolute Gasteiger partial charge is 0.508 e. The van der Waals surface area contributed by atoms with Crippen molar-refractivity contribution in [2.75, 3.05) is 0 Å². The zero-order valence-electron chi connectivity index (χ0n) is 16.4. The van der Waals surface area contributed by atoms with Crippen LogP contribution in [0.3, 0.4) is 0 Å². The Balaban J connectivity index is 1.63. The Morgan fingerprint density at radius 3 is 1.94 bits per heavy atom. The van der Waals surface area contributed by atoms with Gasteiger partial charge in [-0.3, -0.25) is 0 Å². The van der Waals surface area contributed by atoms with E-state index in [0.29, 0.717) is 33.9 Å². The van der Waals surface area contributed by atoms with Crippen LogP contribution in [0.1, 0.15) is 0 Å². The summed E-state index contributed by atoms with van der Waals surface area (Å²) in [6.45, 7) is 0. The van der Waals surface area contributed by atoms with E-state index in [9.17, 15) is 9.50 Å². The lowest BCUT2D eigenvalue weighted by molar-refractivity contribution is 0.464. The van der Waals surface area contributed by atoms with Crippen LogP contribution in [0.2, 0.25) is 0 Å². The maximum atomic E-state index is 13.5. The number of ether oxygens (including phenoxy) is 1. The van der Waals surface area contributed by atoms with Crippen molar-refractivity contribution in [2.45, 2.75) is 0 Å².